The number of hydrogen-bond acceptors (Lipinski definition) is 7. The van der Waals surface area contributed by atoms with Gasteiger partial charge in [0.1, 0.15) is 0 Å². The molecule has 0 radical (unpaired) electrons. The lowest BCUT2D eigenvalue weighted by Crippen LogP contribution is -2.40. The summed E-state index contributed by atoms with van der Waals surface area (Å²) >= 11 is 0. The summed E-state index contributed by atoms with van der Waals surface area (Å²) in [7, 11) is 0. The van der Waals surface area contributed by atoms with Gasteiger partial charge in [-0.25, -0.2) is 9.97 Å². The van der Waals surface area contributed by atoms with Crippen molar-refractivity contribution < 1.29 is 14.3 Å². The fourth-order valence-corrected chi connectivity index (χ4v) is 4.80. The Hall–Kier alpha value is -5.35. The van der Waals surface area contributed by atoms with E-state index in [0.29, 0.717) is 54.7 Å². The van der Waals surface area contributed by atoms with Gasteiger partial charge in [0, 0.05) is 72.7 Å². The topological polar surface area (TPSA) is 114 Å². The first-order valence-corrected chi connectivity index (χ1v) is 13.6. The Balaban J connectivity index is 1.23. The lowest BCUT2D eigenvalue weighted by molar-refractivity contribution is -0.111. The number of anilines is 3. The van der Waals surface area contributed by atoms with Crippen LogP contribution in [0.25, 0.3) is 23.0 Å². The van der Waals surface area contributed by atoms with Gasteiger partial charge >= 0.3 is 0 Å². The first-order chi connectivity index (χ1) is 20.5. The number of nitrogens with zero attached hydrogens (tertiary/aromatic N) is 5. The molecule has 0 bridgehead atoms. The van der Waals surface area contributed by atoms with Crippen molar-refractivity contribution in [3.8, 4) is 11.3 Å². The number of fused-ring (bicyclic) bond motifs is 1. The molecular weight excluding hydrogens is 530 g/mol. The van der Waals surface area contributed by atoms with Gasteiger partial charge in [-0.1, -0.05) is 18.2 Å². The van der Waals surface area contributed by atoms with Crippen LogP contribution in [-0.2, 0) is 9.53 Å². The molecular formula is C32H29N7O3. The van der Waals surface area contributed by atoms with Crippen LogP contribution in [0.5, 0.6) is 0 Å². The highest BCUT2D eigenvalue weighted by Gasteiger charge is 2.19. The molecule has 2 N–H and O–H groups in total. The third-order valence-electron chi connectivity index (χ3n) is 7.05. The Morgan fingerprint density at radius 2 is 1.83 bits per heavy atom. The molecule has 0 spiro atoms. The predicted molar refractivity (Wildman–Crippen MR) is 162 cm³/mol. The average Bonchev–Trinajstić information content (AvgIpc) is 3.51. The highest BCUT2D eigenvalue weighted by atomic mass is 16.5. The van der Waals surface area contributed by atoms with Crippen molar-refractivity contribution in [1.82, 2.24) is 24.3 Å². The Morgan fingerprint density at radius 1 is 1.00 bits per heavy atom. The van der Waals surface area contributed by atoms with E-state index in [1.165, 1.54) is 6.08 Å². The third kappa shape index (κ3) is 5.89. The van der Waals surface area contributed by atoms with Gasteiger partial charge < -0.3 is 24.7 Å². The number of rotatable bonds is 7. The fraction of sp³-hybridized carbons (Fsp3) is 0.156. The predicted octanol–water partition coefficient (Wildman–Crippen LogP) is 4.97. The van der Waals surface area contributed by atoms with Gasteiger partial charge in [-0.2, -0.15) is 0 Å². The van der Waals surface area contributed by atoms with E-state index in [9.17, 15) is 9.59 Å². The Kier molecular flexibility index (Phi) is 7.69. The number of benzene rings is 2. The number of hydrogen-bond donors (Lipinski definition) is 2. The van der Waals surface area contributed by atoms with Crippen LogP contribution >= 0.6 is 0 Å². The summed E-state index contributed by atoms with van der Waals surface area (Å²) < 4.78 is 7.26. The maximum atomic E-state index is 12.8. The average molecular weight is 560 g/mol. The number of ether oxygens (including phenoxy) is 1. The Labute approximate surface area is 242 Å². The van der Waals surface area contributed by atoms with Crippen molar-refractivity contribution in [2.45, 2.75) is 6.92 Å². The maximum absolute atomic E-state index is 12.8. The summed E-state index contributed by atoms with van der Waals surface area (Å²) in [6.07, 6.45) is 12.1. The number of amides is 2. The van der Waals surface area contributed by atoms with Crippen molar-refractivity contribution in [1.29, 1.82) is 0 Å². The minimum atomic E-state index is -0.241. The number of morpholine rings is 1. The Bertz CT molecular complexity index is 1760. The van der Waals surface area contributed by atoms with Crippen LogP contribution in [0.1, 0.15) is 21.5 Å². The molecule has 10 nitrogen and oxygen atoms in total. The molecule has 3 aromatic heterocycles. The van der Waals surface area contributed by atoms with Gasteiger partial charge in [0.25, 0.3) is 5.91 Å². The number of aromatic nitrogens is 4. The summed E-state index contributed by atoms with van der Waals surface area (Å²) in [5.74, 6) is 0.323. The quantitative estimate of drug-likeness (QED) is 0.271. The highest BCUT2D eigenvalue weighted by molar-refractivity contribution is 6.02. The molecule has 0 unspecified atom stereocenters. The zero-order valence-electron chi connectivity index (χ0n) is 23.0. The van der Waals surface area contributed by atoms with Crippen molar-refractivity contribution in [3.63, 3.8) is 0 Å². The minimum absolute atomic E-state index is 0.00404. The van der Waals surface area contributed by atoms with Crippen LogP contribution in [0.2, 0.25) is 0 Å². The Morgan fingerprint density at radius 3 is 2.62 bits per heavy atom. The number of carbonyl (C=O) groups excluding carboxylic acids is 2. The normalized spacial score (nSPS) is 13.4. The molecule has 2 aromatic carbocycles. The van der Waals surface area contributed by atoms with E-state index in [1.807, 2.05) is 78.3 Å². The summed E-state index contributed by atoms with van der Waals surface area (Å²) in [5.41, 5.74) is 6.06. The molecule has 42 heavy (non-hydrogen) atoms. The van der Waals surface area contributed by atoms with E-state index >= 15 is 0 Å². The monoisotopic (exact) mass is 559 g/mol. The lowest BCUT2D eigenvalue weighted by atomic mass is 10.0. The van der Waals surface area contributed by atoms with E-state index in [1.54, 1.807) is 29.6 Å². The number of nitrogens with one attached hydrogen (secondary N) is 2. The molecule has 5 aromatic rings. The molecule has 1 fully saturated rings. The zero-order valence-corrected chi connectivity index (χ0v) is 23.0. The van der Waals surface area contributed by atoms with Crippen LogP contribution < -0.4 is 10.6 Å². The molecule has 4 heterocycles. The minimum Gasteiger partial charge on any atom is -0.378 e. The molecule has 2 amide bonds. The molecule has 0 aliphatic carbocycles. The summed E-state index contributed by atoms with van der Waals surface area (Å²) in [4.78, 5) is 40.7. The van der Waals surface area contributed by atoms with Gasteiger partial charge in [0.15, 0.2) is 11.5 Å². The fourth-order valence-electron chi connectivity index (χ4n) is 4.80. The highest BCUT2D eigenvalue weighted by Crippen LogP contribution is 2.30. The van der Waals surface area contributed by atoms with Gasteiger partial charge in [-0.3, -0.25) is 14.6 Å². The molecule has 1 aliphatic rings. The molecule has 0 saturated carbocycles. The summed E-state index contributed by atoms with van der Waals surface area (Å²) in [6.45, 7) is 4.27. The maximum Gasteiger partial charge on any atom is 0.254 e. The smallest absolute Gasteiger partial charge is 0.254 e. The summed E-state index contributed by atoms with van der Waals surface area (Å²) in [5, 5.41) is 6.33. The molecule has 1 aliphatic heterocycles. The molecule has 210 valence electrons. The van der Waals surface area contributed by atoms with Gasteiger partial charge in [0.2, 0.25) is 5.91 Å². The van der Waals surface area contributed by atoms with Crippen molar-refractivity contribution in [3.05, 3.63) is 108 Å². The second-order valence-corrected chi connectivity index (χ2v) is 9.83. The standard InChI is InChI=1S/C32H29N7O3/c1-22-26(5-2-6-27(22)36-29(40)12-7-23-4-3-13-33-20-23)28-21-39-15-14-34-31(39)30(37-28)35-25-10-8-24(9-11-25)32(41)38-16-18-42-19-17-38/h2-15,20-21H,16-19H2,1H3,(H,35,37)(H,36,40)/b12-7+. The third-order valence-corrected chi connectivity index (χ3v) is 7.05. The van der Waals surface area contributed by atoms with Crippen LogP contribution in [0, 0.1) is 6.92 Å². The molecule has 6 rings (SSSR count). The summed E-state index contributed by atoms with van der Waals surface area (Å²) in [6, 6.07) is 16.8. The van der Waals surface area contributed by atoms with E-state index in [4.69, 9.17) is 9.72 Å². The zero-order chi connectivity index (χ0) is 28.9. The largest absolute Gasteiger partial charge is 0.378 e. The van der Waals surface area contributed by atoms with Crippen molar-refractivity contribution in [2.75, 3.05) is 36.9 Å². The number of carbonyl (C=O) groups is 2. The van der Waals surface area contributed by atoms with Crippen LogP contribution in [0.15, 0.2) is 91.7 Å². The SMILES string of the molecule is Cc1c(NC(=O)/C=C/c2cccnc2)cccc1-c1cn2ccnc2c(Nc2ccc(C(=O)N3CCOCC3)cc2)n1. The van der Waals surface area contributed by atoms with Gasteiger partial charge in [-0.15, -0.1) is 0 Å². The van der Waals surface area contributed by atoms with E-state index in [0.717, 1.165) is 22.4 Å². The second kappa shape index (κ2) is 12.0. The molecule has 1 saturated heterocycles. The number of pyridine rings is 1. The van der Waals surface area contributed by atoms with Crippen LogP contribution in [0.3, 0.4) is 0 Å². The van der Waals surface area contributed by atoms with Gasteiger partial charge in [0.05, 0.1) is 18.9 Å². The van der Waals surface area contributed by atoms with Gasteiger partial charge in [-0.05, 0) is 60.5 Å². The van der Waals surface area contributed by atoms with Crippen LogP contribution in [0.4, 0.5) is 17.2 Å². The number of imidazole rings is 1. The molecule has 0 atom stereocenters. The molecule has 10 heteroatoms. The second-order valence-electron chi connectivity index (χ2n) is 9.83. The first kappa shape index (κ1) is 26.9. The van der Waals surface area contributed by atoms with E-state index < -0.39 is 0 Å². The first-order valence-electron chi connectivity index (χ1n) is 13.6. The van der Waals surface area contributed by atoms with Crippen LogP contribution in [-0.4, -0.2) is 62.4 Å². The van der Waals surface area contributed by atoms with Crippen molar-refractivity contribution >= 4 is 40.7 Å². The lowest BCUT2D eigenvalue weighted by Gasteiger charge is -2.26. The van der Waals surface area contributed by atoms with E-state index in [2.05, 4.69) is 20.6 Å². The van der Waals surface area contributed by atoms with Crippen molar-refractivity contribution in [2.24, 2.45) is 0 Å². The van der Waals surface area contributed by atoms with E-state index in [-0.39, 0.29) is 11.8 Å².